The summed E-state index contributed by atoms with van der Waals surface area (Å²) in [5.41, 5.74) is 0. The van der Waals surface area contributed by atoms with Crippen molar-refractivity contribution >= 4 is 5.78 Å². The van der Waals surface area contributed by atoms with Gasteiger partial charge in [0.2, 0.25) is 0 Å². The normalized spacial score (nSPS) is 36.2. The standard InChI is InChI=1S/C11H19NO/c13-11-7-4-8-12-10-6-3-1-2-5-9(10)11/h9-10,12H,1-8H2. The molecule has 0 amide bonds. The van der Waals surface area contributed by atoms with Gasteiger partial charge in [0.25, 0.3) is 0 Å². The van der Waals surface area contributed by atoms with E-state index in [0.29, 0.717) is 17.7 Å². The zero-order valence-electron chi connectivity index (χ0n) is 8.22. The summed E-state index contributed by atoms with van der Waals surface area (Å²) in [5, 5.41) is 3.53. The first kappa shape index (κ1) is 9.20. The van der Waals surface area contributed by atoms with Gasteiger partial charge in [-0.05, 0) is 25.8 Å². The van der Waals surface area contributed by atoms with Crippen LogP contribution in [0.3, 0.4) is 0 Å². The van der Waals surface area contributed by atoms with Gasteiger partial charge in [0, 0.05) is 18.4 Å². The molecule has 2 nitrogen and oxygen atoms in total. The predicted molar refractivity (Wildman–Crippen MR) is 52.6 cm³/mol. The number of hydrogen-bond acceptors (Lipinski definition) is 2. The molecule has 1 saturated carbocycles. The minimum atomic E-state index is 0.352. The number of rotatable bonds is 0. The van der Waals surface area contributed by atoms with Gasteiger partial charge in [0.05, 0.1) is 0 Å². The molecule has 2 rings (SSSR count). The number of Topliss-reactive ketones (excluding diaryl/α,β-unsaturated/α-hetero) is 1. The Hall–Kier alpha value is -0.370. The van der Waals surface area contributed by atoms with E-state index in [4.69, 9.17) is 0 Å². The summed E-state index contributed by atoms with van der Waals surface area (Å²) in [5.74, 6) is 0.877. The Morgan fingerprint density at radius 2 is 1.92 bits per heavy atom. The van der Waals surface area contributed by atoms with Crippen LogP contribution in [-0.2, 0) is 4.79 Å². The lowest BCUT2D eigenvalue weighted by atomic mass is 9.90. The lowest BCUT2D eigenvalue weighted by Crippen LogP contribution is -2.36. The molecule has 2 aliphatic rings. The van der Waals surface area contributed by atoms with E-state index in [2.05, 4.69) is 5.32 Å². The molecule has 0 aromatic carbocycles. The van der Waals surface area contributed by atoms with Crippen molar-refractivity contribution in [2.24, 2.45) is 5.92 Å². The Balaban J connectivity index is 2.07. The highest BCUT2D eigenvalue weighted by Gasteiger charge is 2.30. The third-order valence-electron chi connectivity index (χ3n) is 3.44. The molecule has 1 N–H and O–H groups in total. The van der Waals surface area contributed by atoms with Crippen molar-refractivity contribution in [1.29, 1.82) is 0 Å². The monoisotopic (exact) mass is 181 g/mol. The maximum Gasteiger partial charge on any atom is 0.137 e. The van der Waals surface area contributed by atoms with Crippen LogP contribution in [0, 0.1) is 5.92 Å². The quantitative estimate of drug-likeness (QED) is 0.618. The van der Waals surface area contributed by atoms with E-state index in [9.17, 15) is 4.79 Å². The molecule has 0 radical (unpaired) electrons. The molecule has 2 fully saturated rings. The van der Waals surface area contributed by atoms with Crippen LogP contribution in [0.5, 0.6) is 0 Å². The molecule has 1 saturated heterocycles. The van der Waals surface area contributed by atoms with Gasteiger partial charge >= 0.3 is 0 Å². The van der Waals surface area contributed by atoms with Crippen molar-refractivity contribution in [3.8, 4) is 0 Å². The molecular weight excluding hydrogens is 162 g/mol. The fraction of sp³-hybridized carbons (Fsp3) is 0.909. The Labute approximate surface area is 80.1 Å². The van der Waals surface area contributed by atoms with Gasteiger partial charge in [-0.2, -0.15) is 0 Å². The first-order valence-corrected chi connectivity index (χ1v) is 5.64. The van der Waals surface area contributed by atoms with E-state index in [1.54, 1.807) is 0 Å². The summed E-state index contributed by atoms with van der Waals surface area (Å²) >= 11 is 0. The molecule has 2 heteroatoms. The minimum absolute atomic E-state index is 0.352. The third kappa shape index (κ3) is 2.11. The van der Waals surface area contributed by atoms with Gasteiger partial charge in [-0.25, -0.2) is 0 Å². The van der Waals surface area contributed by atoms with Gasteiger partial charge in [0.15, 0.2) is 0 Å². The number of hydrogen-bond donors (Lipinski definition) is 1. The molecule has 1 aliphatic carbocycles. The molecule has 2 unspecified atom stereocenters. The van der Waals surface area contributed by atoms with E-state index in [1.165, 1.54) is 25.7 Å². The largest absolute Gasteiger partial charge is 0.313 e. The van der Waals surface area contributed by atoms with Gasteiger partial charge in [0.1, 0.15) is 5.78 Å². The van der Waals surface area contributed by atoms with Crippen LogP contribution in [-0.4, -0.2) is 18.4 Å². The maximum absolute atomic E-state index is 11.8. The molecule has 74 valence electrons. The topological polar surface area (TPSA) is 29.1 Å². The van der Waals surface area contributed by atoms with Crippen LogP contribution in [0.2, 0.25) is 0 Å². The smallest absolute Gasteiger partial charge is 0.137 e. The molecule has 0 spiro atoms. The third-order valence-corrected chi connectivity index (χ3v) is 3.44. The van der Waals surface area contributed by atoms with Gasteiger partial charge in [-0.15, -0.1) is 0 Å². The number of nitrogens with one attached hydrogen (secondary N) is 1. The van der Waals surface area contributed by atoms with Crippen molar-refractivity contribution in [3.63, 3.8) is 0 Å². The zero-order valence-corrected chi connectivity index (χ0v) is 8.22. The summed E-state index contributed by atoms with van der Waals surface area (Å²) in [6, 6.07) is 0.512. The Kier molecular flexibility index (Phi) is 2.99. The molecule has 0 aromatic heterocycles. The minimum Gasteiger partial charge on any atom is -0.313 e. The summed E-state index contributed by atoms with van der Waals surface area (Å²) in [6.07, 6.45) is 8.10. The summed E-state index contributed by atoms with van der Waals surface area (Å²) < 4.78 is 0. The maximum atomic E-state index is 11.8. The van der Waals surface area contributed by atoms with Crippen LogP contribution in [0.4, 0.5) is 0 Å². The van der Waals surface area contributed by atoms with E-state index in [0.717, 1.165) is 25.8 Å². The summed E-state index contributed by atoms with van der Waals surface area (Å²) in [4.78, 5) is 11.8. The highest BCUT2D eigenvalue weighted by atomic mass is 16.1. The number of ketones is 1. The second kappa shape index (κ2) is 4.23. The molecular formula is C11H19NO. The molecule has 2 atom stereocenters. The van der Waals surface area contributed by atoms with Crippen molar-refractivity contribution in [2.75, 3.05) is 6.54 Å². The number of carbonyl (C=O) groups is 1. The molecule has 1 aliphatic heterocycles. The average molecular weight is 181 g/mol. The number of carbonyl (C=O) groups excluding carboxylic acids is 1. The van der Waals surface area contributed by atoms with Crippen LogP contribution >= 0.6 is 0 Å². The van der Waals surface area contributed by atoms with Crippen LogP contribution < -0.4 is 5.32 Å². The second-order valence-corrected chi connectivity index (χ2v) is 4.37. The first-order valence-electron chi connectivity index (χ1n) is 5.64. The van der Waals surface area contributed by atoms with Crippen LogP contribution in [0.25, 0.3) is 0 Å². The summed E-state index contributed by atoms with van der Waals surface area (Å²) in [6.45, 7) is 1.05. The van der Waals surface area contributed by atoms with Crippen molar-refractivity contribution in [2.45, 2.75) is 51.0 Å². The highest BCUT2D eigenvalue weighted by molar-refractivity contribution is 5.82. The molecule has 0 bridgehead atoms. The Bertz CT molecular complexity index is 189. The lowest BCUT2D eigenvalue weighted by molar-refractivity contribution is -0.123. The fourth-order valence-corrected chi connectivity index (χ4v) is 2.67. The zero-order chi connectivity index (χ0) is 9.10. The van der Waals surface area contributed by atoms with Gasteiger partial charge < -0.3 is 5.32 Å². The Morgan fingerprint density at radius 1 is 1.08 bits per heavy atom. The van der Waals surface area contributed by atoms with Crippen LogP contribution in [0.1, 0.15) is 44.9 Å². The fourth-order valence-electron chi connectivity index (χ4n) is 2.67. The molecule has 13 heavy (non-hydrogen) atoms. The average Bonchev–Trinajstić information content (AvgIpc) is 2.43. The highest BCUT2D eigenvalue weighted by Crippen LogP contribution is 2.27. The van der Waals surface area contributed by atoms with E-state index < -0.39 is 0 Å². The van der Waals surface area contributed by atoms with Crippen molar-refractivity contribution in [3.05, 3.63) is 0 Å². The first-order chi connectivity index (χ1) is 6.38. The Morgan fingerprint density at radius 3 is 2.85 bits per heavy atom. The second-order valence-electron chi connectivity index (χ2n) is 4.37. The van der Waals surface area contributed by atoms with Gasteiger partial charge in [-0.1, -0.05) is 19.3 Å². The van der Waals surface area contributed by atoms with Crippen molar-refractivity contribution < 1.29 is 4.79 Å². The summed E-state index contributed by atoms with van der Waals surface area (Å²) in [7, 11) is 0. The van der Waals surface area contributed by atoms with E-state index in [1.807, 2.05) is 0 Å². The molecule has 0 aromatic rings. The van der Waals surface area contributed by atoms with E-state index in [-0.39, 0.29) is 0 Å². The van der Waals surface area contributed by atoms with Gasteiger partial charge in [-0.3, -0.25) is 4.79 Å². The number of fused-ring (bicyclic) bond motifs is 1. The lowest BCUT2D eigenvalue weighted by Gasteiger charge is -2.21. The van der Waals surface area contributed by atoms with Crippen molar-refractivity contribution in [1.82, 2.24) is 5.32 Å². The SMILES string of the molecule is O=C1CCCNC2CCCCCC12. The van der Waals surface area contributed by atoms with Crippen LogP contribution in [0.15, 0.2) is 0 Å². The van der Waals surface area contributed by atoms with E-state index >= 15 is 0 Å². The predicted octanol–water partition coefficient (Wildman–Crippen LogP) is 1.89. The molecule has 1 heterocycles.